The van der Waals surface area contributed by atoms with Gasteiger partial charge in [-0.3, -0.25) is 4.68 Å². The Labute approximate surface area is 172 Å². The molecule has 0 aromatic carbocycles. The van der Waals surface area contributed by atoms with Gasteiger partial charge in [0.05, 0.1) is 5.52 Å². The molecule has 0 amide bonds. The number of halogens is 1. The van der Waals surface area contributed by atoms with Gasteiger partial charge < -0.3 is 10.1 Å². The second-order valence-electron chi connectivity index (χ2n) is 6.64. The number of nitrogens with zero attached hydrogens (tertiary/aromatic N) is 2. The van der Waals surface area contributed by atoms with Crippen LogP contribution in [0, 0.1) is 0 Å². The largest absolute Gasteiger partial charge is 0.472 e. The van der Waals surface area contributed by atoms with Gasteiger partial charge in [-0.2, -0.15) is 0 Å². The van der Waals surface area contributed by atoms with Crippen LogP contribution < -0.4 is 10.1 Å². The first-order valence-corrected chi connectivity index (χ1v) is 11.4. The maximum absolute atomic E-state index is 14.4. The van der Waals surface area contributed by atoms with Crippen LogP contribution in [0.1, 0.15) is 65.9 Å². The summed E-state index contributed by atoms with van der Waals surface area (Å²) < 4.78 is 23.5. The van der Waals surface area contributed by atoms with Crippen molar-refractivity contribution in [2.24, 2.45) is 7.05 Å². The predicted molar refractivity (Wildman–Crippen MR) is 119 cm³/mol. The van der Waals surface area contributed by atoms with Gasteiger partial charge in [-0.15, -0.1) is 16.4 Å². The first-order chi connectivity index (χ1) is 13.6. The Morgan fingerprint density at radius 2 is 1.86 bits per heavy atom. The van der Waals surface area contributed by atoms with E-state index in [4.69, 9.17) is 4.74 Å². The van der Waals surface area contributed by atoms with Crippen molar-refractivity contribution in [3.05, 3.63) is 28.4 Å². The van der Waals surface area contributed by atoms with Gasteiger partial charge in [0, 0.05) is 18.0 Å². The third kappa shape index (κ3) is 4.84. The number of aromatic nitrogens is 2. The monoisotopic (exact) mass is 407 g/mol. The molecule has 1 saturated heterocycles. The Balaban J connectivity index is 0.000000660. The number of hydrogen-bond acceptors (Lipinski definition) is 4. The van der Waals surface area contributed by atoms with Crippen LogP contribution in [-0.4, -0.2) is 29.0 Å². The summed E-state index contributed by atoms with van der Waals surface area (Å²) in [5.41, 5.74) is 3.85. The summed E-state index contributed by atoms with van der Waals surface area (Å²) in [6.07, 6.45) is 5.53. The standard InChI is InChI=1S/C18H22FN3OS.2C2H6/c1-11-3-4-13(15(19)9-11)14-10-24-17-16(14)22(2)21-18(17)23-12-5-7-20-8-6-12;2*1-2/h9-10,12,20H,3-8H2,1-2H3;2*1-2H3. The molecule has 3 heterocycles. The molecule has 2 aromatic heterocycles. The fourth-order valence-corrected chi connectivity index (χ4v) is 4.53. The number of allylic oxidation sites excluding steroid dienone is 4. The van der Waals surface area contributed by atoms with Crippen molar-refractivity contribution in [1.82, 2.24) is 15.1 Å². The van der Waals surface area contributed by atoms with Gasteiger partial charge in [-0.1, -0.05) is 33.3 Å². The summed E-state index contributed by atoms with van der Waals surface area (Å²) in [4.78, 5) is 0. The minimum Gasteiger partial charge on any atom is -0.472 e. The predicted octanol–water partition coefficient (Wildman–Crippen LogP) is 6.24. The molecule has 6 heteroatoms. The smallest absolute Gasteiger partial charge is 0.251 e. The van der Waals surface area contributed by atoms with E-state index in [1.807, 2.05) is 51.7 Å². The zero-order valence-electron chi connectivity index (χ0n) is 18.1. The van der Waals surface area contributed by atoms with E-state index in [2.05, 4.69) is 10.4 Å². The lowest BCUT2D eigenvalue weighted by Gasteiger charge is -2.22. The molecule has 28 heavy (non-hydrogen) atoms. The summed E-state index contributed by atoms with van der Waals surface area (Å²) >= 11 is 1.60. The molecule has 4 nitrogen and oxygen atoms in total. The zero-order valence-corrected chi connectivity index (χ0v) is 18.9. The van der Waals surface area contributed by atoms with Gasteiger partial charge >= 0.3 is 0 Å². The summed E-state index contributed by atoms with van der Waals surface area (Å²) in [6, 6.07) is 0. The van der Waals surface area contributed by atoms with Crippen LogP contribution in [-0.2, 0) is 7.05 Å². The number of piperidine rings is 1. The Bertz CT molecular complexity index is 828. The highest BCUT2D eigenvalue weighted by Gasteiger charge is 2.24. The van der Waals surface area contributed by atoms with E-state index in [1.165, 1.54) is 0 Å². The average Bonchev–Trinajstić information content (AvgIpc) is 3.28. The normalized spacial score (nSPS) is 17.5. The third-order valence-corrected chi connectivity index (χ3v) is 5.80. The molecule has 0 saturated carbocycles. The van der Waals surface area contributed by atoms with Crippen molar-refractivity contribution in [3.8, 4) is 5.88 Å². The Morgan fingerprint density at radius 3 is 2.50 bits per heavy atom. The number of aryl methyl sites for hydroxylation is 1. The molecular formula is C22H34FN3OS. The first-order valence-electron chi connectivity index (χ1n) is 10.5. The topological polar surface area (TPSA) is 39.1 Å². The van der Waals surface area contributed by atoms with Crippen molar-refractivity contribution in [2.75, 3.05) is 13.1 Å². The van der Waals surface area contributed by atoms with E-state index in [1.54, 1.807) is 17.4 Å². The molecule has 0 spiro atoms. The number of rotatable bonds is 3. The molecule has 1 aliphatic carbocycles. The van der Waals surface area contributed by atoms with Crippen molar-refractivity contribution in [1.29, 1.82) is 0 Å². The van der Waals surface area contributed by atoms with Crippen LogP contribution in [0.2, 0.25) is 0 Å². The van der Waals surface area contributed by atoms with Crippen molar-refractivity contribution < 1.29 is 9.13 Å². The van der Waals surface area contributed by atoms with Crippen LogP contribution >= 0.6 is 11.3 Å². The second kappa shape index (κ2) is 10.8. The van der Waals surface area contributed by atoms with Gasteiger partial charge in [0.2, 0.25) is 0 Å². The van der Waals surface area contributed by atoms with E-state index in [-0.39, 0.29) is 11.9 Å². The Morgan fingerprint density at radius 1 is 1.18 bits per heavy atom. The Hall–Kier alpha value is -1.66. The van der Waals surface area contributed by atoms with Gasteiger partial charge in [0.25, 0.3) is 5.88 Å². The quantitative estimate of drug-likeness (QED) is 0.655. The number of thiophene rings is 1. The minimum atomic E-state index is -0.111. The number of hydrogen-bond donors (Lipinski definition) is 1. The Kier molecular flexibility index (Phi) is 8.70. The lowest BCUT2D eigenvalue weighted by atomic mass is 9.94. The van der Waals surface area contributed by atoms with Crippen LogP contribution in [0.4, 0.5) is 4.39 Å². The van der Waals surface area contributed by atoms with Gasteiger partial charge in [0.1, 0.15) is 16.6 Å². The maximum atomic E-state index is 14.4. The van der Waals surface area contributed by atoms with Gasteiger partial charge in [-0.25, -0.2) is 4.39 Å². The first kappa shape index (κ1) is 22.6. The molecule has 0 bridgehead atoms. The van der Waals surface area contributed by atoms with Crippen LogP contribution in [0.5, 0.6) is 5.88 Å². The van der Waals surface area contributed by atoms with Gasteiger partial charge in [0.15, 0.2) is 0 Å². The van der Waals surface area contributed by atoms with Crippen molar-refractivity contribution in [3.63, 3.8) is 0 Å². The fraction of sp³-hybridized carbons (Fsp3) is 0.591. The summed E-state index contributed by atoms with van der Waals surface area (Å²) in [5, 5.41) is 9.95. The summed E-state index contributed by atoms with van der Waals surface area (Å²) in [6.45, 7) is 12.0. The molecule has 2 aromatic rings. The number of fused-ring (bicyclic) bond motifs is 1. The molecular weight excluding hydrogens is 373 g/mol. The van der Waals surface area contributed by atoms with E-state index in [9.17, 15) is 4.39 Å². The highest BCUT2D eigenvalue weighted by atomic mass is 32.1. The molecule has 1 aliphatic heterocycles. The second-order valence-corrected chi connectivity index (χ2v) is 7.52. The number of ether oxygens (including phenoxy) is 1. The van der Waals surface area contributed by atoms with Gasteiger partial charge in [-0.05, 0) is 57.3 Å². The van der Waals surface area contributed by atoms with E-state index in [0.29, 0.717) is 5.88 Å². The summed E-state index contributed by atoms with van der Waals surface area (Å²) in [5.74, 6) is 0.583. The summed E-state index contributed by atoms with van der Waals surface area (Å²) in [7, 11) is 1.91. The van der Waals surface area contributed by atoms with Crippen molar-refractivity contribution >= 4 is 27.1 Å². The maximum Gasteiger partial charge on any atom is 0.251 e. The average molecular weight is 408 g/mol. The molecule has 1 N–H and O–H groups in total. The molecule has 0 unspecified atom stereocenters. The minimum absolute atomic E-state index is 0.111. The SMILES string of the molecule is CC.CC.CC1=CC(F)=C(c2csc3c(OC4CCNCC4)nn(C)c23)CC1. The molecule has 0 radical (unpaired) electrons. The highest BCUT2D eigenvalue weighted by molar-refractivity contribution is 7.17. The number of nitrogens with one attached hydrogen (secondary N) is 1. The lowest BCUT2D eigenvalue weighted by molar-refractivity contribution is 0.157. The molecule has 1 fully saturated rings. The third-order valence-electron chi connectivity index (χ3n) is 4.84. The van der Waals surface area contributed by atoms with E-state index in [0.717, 1.165) is 65.7 Å². The fourth-order valence-electron chi connectivity index (χ4n) is 3.50. The van der Waals surface area contributed by atoms with Crippen LogP contribution in [0.3, 0.4) is 0 Å². The molecule has 2 aliphatic rings. The molecule has 4 rings (SSSR count). The van der Waals surface area contributed by atoms with Crippen LogP contribution in [0.15, 0.2) is 22.9 Å². The van der Waals surface area contributed by atoms with Crippen molar-refractivity contribution in [2.45, 2.75) is 66.4 Å². The molecule has 0 atom stereocenters. The van der Waals surface area contributed by atoms with E-state index < -0.39 is 0 Å². The lowest BCUT2D eigenvalue weighted by Crippen LogP contribution is -2.34. The van der Waals surface area contributed by atoms with Crippen LogP contribution in [0.25, 0.3) is 15.8 Å². The molecule has 156 valence electrons. The highest BCUT2D eigenvalue weighted by Crippen LogP contribution is 2.41. The zero-order chi connectivity index (χ0) is 20.7. The van der Waals surface area contributed by atoms with E-state index >= 15 is 0 Å².